The van der Waals surface area contributed by atoms with Crippen molar-refractivity contribution in [3.63, 3.8) is 0 Å². The van der Waals surface area contributed by atoms with E-state index in [0.717, 1.165) is 5.56 Å². The van der Waals surface area contributed by atoms with Crippen LogP contribution in [0.2, 0.25) is 0 Å². The van der Waals surface area contributed by atoms with Gasteiger partial charge in [0.2, 0.25) is 0 Å². The van der Waals surface area contributed by atoms with Crippen LogP contribution in [0.25, 0.3) is 22.3 Å². The third-order valence-corrected chi connectivity index (χ3v) is 5.84. The van der Waals surface area contributed by atoms with Crippen molar-refractivity contribution in [1.82, 2.24) is 9.66 Å². The van der Waals surface area contributed by atoms with E-state index in [1.165, 1.54) is 29.1 Å². The largest absolute Gasteiger partial charge is 0.490 e. The van der Waals surface area contributed by atoms with Crippen molar-refractivity contribution in [2.24, 2.45) is 5.10 Å². The van der Waals surface area contributed by atoms with Gasteiger partial charge in [-0.25, -0.2) is 9.37 Å². The zero-order valence-corrected chi connectivity index (χ0v) is 21.6. The molecule has 5 rings (SSSR count). The van der Waals surface area contributed by atoms with Crippen LogP contribution in [0.4, 0.5) is 10.1 Å². The number of aromatic nitrogens is 2. The molecule has 40 heavy (non-hydrogen) atoms. The van der Waals surface area contributed by atoms with Crippen molar-refractivity contribution in [3.05, 3.63) is 119 Å². The fourth-order valence-corrected chi connectivity index (χ4v) is 4.03. The van der Waals surface area contributed by atoms with Gasteiger partial charge < -0.3 is 14.8 Å². The summed E-state index contributed by atoms with van der Waals surface area (Å²) in [6.45, 7) is 1.88. The number of nitrogens with one attached hydrogen (secondary N) is 1. The molecule has 5 aromatic rings. The number of benzene rings is 4. The quantitative estimate of drug-likeness (QED) is 0.251. The fraction of sp³-hybridized carbons (Fsp3) is 0.0968. The first-order valence-electron chi connectivity index (χ1n) is 12.6. The Morgan fingerprint density at radius 2 is 1.75 bits per heavy atom. The van der Waals surface area contributed by atoms with Gasteiger partial charge in [-0.05, 0) is 61.0 Å². The molecular formula is C31H25FN4O4. The predicted molar refractivity (Wildman–Crippen MR) is 153 cm³/mol. The Balaban J connectivity index is 1.40. The van der Waals surface area contributed by atoms with Gasteiger partial charge in [-0.2, -0.15) is 9.78 Å². The van der Waals surface area contributed by atoms with Crippen LogP contribution in [0, 0.1) is 5.82 Å². The van der Waals surface area contributed by atoms with Crippen molar-refractivity contribution in [3.8, 4) is 22.9 Å². The number of hydrogen-bond acceptors (Lipinski definition) is 6. The van der Waals surface area contributed by atoms with E-state index in [1.807, 2.05) is 43.3 Å². The molecule has 0 aliphatic heterocycles. The number of fused-ring (bicyclic) bond motifs is 1. The number of rotatable bonds is 9. The molecule has 1 aromatic heterocycles. The van der Waals surface area contributed by atoms with Gasteiger partial charge in [-0.15, -0.1) is 0 Å². The fourth-order valence-electron chi connectivity index (χ4n) is 4.03. The normalized spacial score (nSPS) is 11.1. The highest BCUT2D eigenvalue weighted by Crippen LogP contribution is 2.28. The summed E-state index contributed by atoms with van der Waals surface area (Å²) in [7, 11) is 0. The van der Waals surface area contributed by atoms with Gasteiger partial charge >= 0.3 is 0 Å². The third kappa shape index (κ3) is 6.05. The molecule has 1 amide bonds. The second-order valence-corrected chi connectivity index (χ2v) is 8.67. The molecule has 1 N–H and O–H groups in total. The van der Waals surface area contributed by atoms with Gasteiger partial charge in [-0.1, -0.05) is 48.5 Å². The van der Waals surface area contributed by atoms with Gasteiger partial charge in [0.25, 0.3) is 11.5 Å². The smallest absolute Gasteiger partial charge is 0.282 e. The Kier molecular flexibility index (Phi) is 7.92. The monoisotopic (exact) mass is 536 g/mol. The second kappa shape index (κ2) is 12.0. The lowest BCUT2D eigenvalue weighted by Gasteiger charge is -2.13. The second-order valence-electron chi connectivity index (χ2n) is 8.67. The number of carbonyl (C=O) groups is 1. The average Bonchev–Trinajstić information content (AvgIpc) is 2.97. The molecule has 0 aliphatic carbocycles. The first kappa shape index (κ1) is 26.3. The average molecular weight is 537 g/mol. The summed E-state index contributed by atoms with van der Waals surface area (Å²) in [5, 5.41) is 7.53. The number of nitrogens with zero attached hydrogens (tertiary/aromatic N) is 3. The van der Waals surface area contributed by atoms with Gasteiger partial charge in [0.05, 0.1) is 23.7 Å². The molecule has 0 unspecified atom stereocenters. The summed E-state index contributed by atoms with van der Waals surface area (Å²) in [4.78, 5) is 30.4. The number of amides is 1. The van der Waals surface area contributed by atoms with Crippen LogP contribution in [0.15, 0.2) is 107 Å². The summed E-state index contributed by atoms with van der Waals surface area (Å²) in [6.07, 6.45) is 1.53. The maximum Gasteiger partial charge on any atom is 0.282 e. The van der Waals surface area contributed by atoms with Crippen molar-refractivity contribution in [2.45, 2.75) is 6.92 Å². The molecule has 1 heterocycles. The Labute approximate surface area is 229 Å². The topological polar surface area (TPSA) is 94.8 Å². The predicted octanol–water partition coefficient (Wildman–Crippen LogP) is 5.50. The van der Waals surface area contributed by atoms with E-state index in [4.69, 9.17) is 14.5 Å². The minimum atomic E-state index is -0.452. The van der Waals surface area contributed by atoms with E-state index >= 15 is 0 Å². The summed E-state index contributed by atoms with van der Waals surface area (Å²) in [6, 6.07) is 27.2. The van der Waals surface area contributed by atoms with Gasteiger partial charge in [-0.3, -0.25) is 9.59 Å². The molecule has 200 valence electrons. The van der Waals surface area contributed by atoms with E-state index in [0.29, 0.717) is 46.1 Å². The lowest BCUT2D eigenvalue weighted by atomic mass is 10.2. The molecule has 9 heteroatoms. The molecule has 0 aliphatic rings. The molecular weight excluding hydrogens is 511 g/mol. The summed E-state index contributed by atoms with van der Waals surface area (Å²) in [5.74, 6) is 0.262. The molecule has 0 saturated heterocycles. The molecule has 0 atom stereocenters. The molecule has 4 aromatic carbocycles. The number of para-hydroxylation sites is 1. The number of ether oxygens (including phenoxy) is 2. The van der Waals surface area contributed by atoms with Crippen LogP contribution in [-0.2, 0) is 4.79 Å². The van der Waals surface area contributed by atoms with Crippen LogP contribution in [0.3, 0.4) is 0 Å². The number of hydrogen-bond donors (Lipinski definition) is 1. The van der Waals surface area contributed by atoms with Crippen molar-refractivity contribution in [2.75, 3.05) is 18.5 Å². The molecule has 0 bridgehead atoms. The highest BCUT2D eigenvalue weighted by Gasteiger charge is 2.13. The third-order valence-electron chi connectivity index (χ3n) is 5.84. The van der Waals surface area contributed by atoms with Gasteiger partial charge in [0.1, 0.15) is 5.82 Å². The van der Waals surface area contributed by atoms with Crippen LogP contribution >= 0.6 is 0 Å². The Morgan fingerprint density at radius 3 is 2.55 bits per heavy atom. The highest BCUT2D eigenvalue weighted by atomic mass is 19.1. The lowest BCUT2D eigenvalue weighted by molar-refractivity contribution is -0.118. The number of halogens is 1. The minimum Gasteiger partial charge on any atom is -0.490 e. The maximum atomic E-state index is 13.4. The van der Waals surface area contributed by atoms with Crippen LogP contribution < -0.4 is 20.3 Å². The SMILES string of the molecule is CCOc1cc(C=Nn2c(-c3ccccc3)nc3ccccc3c2=O)ccc1OCC(=O)Nc1cccc(F)c1. The summed E-state index contributed by atoms with van der Waals surface area (Å²) in [5.41, 5.74) is 2.00. The van der Waals surface area contributed by atoms with Crippen LogP contribution in [0.1, 0.15) is 12.5 Å². The molecule has 0 saturated carbocycles. The molecule has 0 spiro atoms. The Hall–Kier alpha value is -5.31. The van der Waals surface area contributed by atoms with E-state index in [9.17, 15) is 14.0 Å². The Bertz CT molecular complexity index is 1750. The standard InChI is InChI=1S/C31H25FN4O4/c1-2-39-28-17-21(15-16-27(28)40-20-29(37)34-24-12-8-11-23(32)18-24)19-33-36-30(22-9-4-3-5-10-22)35-26-14-7-6-13-25(26)31(36)38/h3-19H,2,20H2,1H3,(H,34,37). The minimum absolute atomic E-state index is 0.296. The Morgan fingerprint density at radius 1 is 0.950 bits per heavy atom. The zero-order valence-electron chi connectivity index (χ0n) is 21.6. The number of anilines is 1. The molecule has 8 nitrogen and oxygen atoms in total. The lowest BCUT2D eigenvalue weighted by Crippen LogP contribution is -2.20. The number of carbonyl (C=O) groups excluding carboxylic acids is 1. The van der Waals surface area contributed by atoms with Crippen molar-refractivity contribution in [1.29, 1.82) is 0 Å². The van der Waals surface area contributed by atoms with Crippen LogP contribution in [-0.4, -0.2) is 35.0 Å². The van der Waals surface area contributed by atoms with E-state index in [2.05, 4.69) is 10.4 Å². The maximum absolute atomic E-state index is 13.4. The first-order valence-corrected chi connectivity index (χ1v) is 12.6. The van der Waals surface area contributed by atoms with Gasteiger partial charge in [0.15, 0.2) is 23.9 Å². The van der Waals surface area contributed by atoms with Crippen molar-refractivity contribution < 1.29 is 18.7 Å². The van der Waals surface area contributed by atoms with E-state index in [1.54, 1.807) is 42.5 Å². The van der Waals surface area contributed by atoms with E-state index in [-0.39, 0.29) is 12.2 Å². The van der Waals surface area contributed by atoms with Crippen molar-refractivity contribution >= 4 is 28.7 Å². The summed E-state index contributed by atoms with van der Waals surface area (Å²) < 4.78 is 26.1. The van der Waals surface area contributed by atoms with Gasteiger partial charge in [0, 0.05) is 11.3 Å². The first-order chi connectivity index (χ1) is 19.5. The van der Waals surface area contributed by atoms with E-state index < -0.39 is 11.7 Å². The summed E-state index contributed by atoms with van der Waals surface area (Å²) >= 11 is 0. The van der Waals surface area contributed by atoms with Crippen LogP contribution in [0.5, 0.6) is 11.5 Å². The molecule has 0 radical (unpaired) electrons. The zero-order chi connectivity index (χ0) is 27.9. The molecule has 0 fully saturated rings. The highest BCUT2D eigenvalue weighted by molar-refractivity contribution is 5.92.